The first-order chi connectivity index (χ1) is 16.0. The number of fused-ring (bicyclic) bond motifs is 3. The summed E-state index contributed by atoms with van der Waals surface area (Å²) in [6.45, 7) is 1.74. The van der Waals surface area contributed by atoms with Crippen molar-refractivity contribution in [1.29, 1.82) is 5.26 Å². The van der Waals surface area contributed by atoms with Gasteiger partial charge in [0.05, 0.1) is 23.5 Å². The molecule has 1 aliphatic rings. The van der Waals surface area contributed by atoms with Crippen molar-refractivity contribution in [3.8, 4) is 22.9 Å². The maximum absolute atomic E-state index is 13.1. The number of nitrogens with zero attached hydrogens (tertiary/aromatic N) is 2. The molecule has 0 saturated heterocycles. The van der Waals surface area contributed by atoms with Gasteiger partial charge in [0, 0.05) is 17.5 Å². The molecule has 2 aromatic heterocycles. The summed E-state index contributed by atoms with van der Waals surface area (Å²) in [5.41, 5.74) is 10.3. The van der Waals surface area contributed by atoms with Crippen molar-refractivity contribution in [2.45, 2.75) is 19.4 Å². The predicted octanol–water partition coefficient (Wildman–Crippen LogP) is 3.87. The Morgan fingerprint density at radius 1 is 1.12 bits per heavy atom. The van der Waals surface area contributed by atoms with Gasteiger partial charge in [-0.1, -0.05) is 36.4 Å². The Balaban J connectivity index is 1.67. The van der Waals surface area contributed by atoms with E-state index in [4.69, 9.17) is 14.9 Å². The Labute approximate surface area is 189 Å². The summed E-state index contributed by atoms with van der Waals surface area (Å²) in [5.74, 6) is -0.527. The lowest BCUT2D eigenvalue weighted by molar-refractivity contribution is 0.282. The molecule has 0 radical (unpaired) electrons. The van der Waals surface area contributed by atoms with Crippen LogP contribution in [0.2, 0.25) is 0 Å². The van der Waals surface area contributed by atoms with E-state index in [0.717, 1.165) is 16.8 Å². The summed E-state index contributed by atoms with van der Waals surface area (Å²) in [4.78, 5) is 17.4. The molecule has 1 atom stereocenters. The van der Waals surface area contributed by atoms with Gasteiger partial charge >= 0.3 is 5.63 Å². The number of aromatic nitrogens is 1. The van der Waals surface area contributed by atoms with Crippen LogP contribution in [0.1, 0.15) is 28.3 Å². The molecule has 7 heteroatoms. The van der Waals surface area contributed by atoms with Crippen molar-refractivity contribution in [1.82, 2.24) is 4.98 Å². The molecule has 3 heterocycles. The van der Waals surface area contributed by atoms with E-state index < -0.39 is 11.5 Å². The lowest BCUT2D eigenvalue weighted by Crippen LogP contribution is -2.26. The second-order valence-electron chi connectivity index (χ2n) is 7.86. The maximum Gasteiger partial charge on any atom is 0.344 e. The molecular weight excluding hydrogens is 418 g/mol. The van der Waals surface area contributed by atoms with Crippen molar-refractivity contribution in [3.05, 3.63) is 105 Å². The van der Waals surface area contributed by atoms with E-state index in [1.54, 1.807) is 24.4 Å². The van der Waals surface area contributed by atoms with Crippen molar-refractivity contribution in [2.75, 3.05) is 0 Å². The summed E-state index contributed by atoms with van der Waals surface area (Å²) in [5, 5.41) is 19.8. The fourth-order valence-corrected chi connectivity index (χ4v) is 4.10. The number of pyridine rings is 1. The molecule has 1 unspecified atom stereocenters. The quantitative estimate of drug-likeness (QED) is 0.466. The lowest BCUT2D eigenvalue weighted by atomic mass is 9.83. The van der Waals surface area contributed by atoms with Gasteiger partial charge in [0.2, 0.25) is 5.88 Å². The van der Waals surface area contributed by atoms with E-state index in [2.05, 4.69) is 11.1 Å². The third-order valence-electron chi connectivity index (χ3n) is 5.80. The maximum atomic E-state index is 13.1. The first-order valence-corrected chi connectivity index (χ1v) is 10.3. The Kier molecular flexibility index (Phi) is 4.93. The highest BCUT2D eigenvalue weighted by Crippen LogP contribution is 2.43. The average molecular weight is 437 g/mol. The minimum Gasteiger partial charge on any atom is -0.439 e. The van der Waals surface area contributed by atoms with Crippen LogP contribution in [0, 0.1) is 18.3 Å². The molecule has 1 aliphatic heterocycles. The number of hydrogen-bond acceptors (Lipinski definition) is 7. The van der Waals surface area contributed by atoms with Gasteiger partial charge in [-0.25, -0.2) is 4.79 Å². The summed E-state index contributed by atoms with van der Waals surface area (Å²) < 4.78 is 11.3. The van der Waals surface area contributed by atoms with Crippen LogP contribution in [0.3, 0.4) is 0 Å². The van der Waals surface area contributed by atoms with Crippen LogP contribution in [0.5, 0.6) is 5.75 Å². The molecule has 0 bridgehead atoms. The van der Waals surface area contributed by atoms with Crippen LogP contribution in [0.4, 0.5) is 0 Å². The zero-order valence-electron chi connectivity index (χ0n) is 17.7. The number of rotatable bonds is 3. The van der Waals surface area contributed by atoms with Gasteiger partial charge in [0.1, 0.15) is 17.2 Å². The molecule has 0 aliphatic carbocycles. The molecule has 0 fully saturated rings. The number of hydrogen-bond donors (Lipinski definition) is 2. The molecule has 0 spiro atoms. The lowest BCUT2D eigenvalue weighted by Gasteiger charge is -2.26. The normalized spacial score (nSPS) is 15.1. The third-order valence-corrected chi connectivity index (χ3v) is 5.80. The number of ether oxygens (including phenoxy) is 1. The molecule has 4 aromatic rings. The van der Waals surface area contributed by atoms with Gasteiger partial charge in [-0.3, -0.25) is 4.98 Å². The summed E-state index contributed by atoms with van der Waals surface area (Å²) in [6, 6.07) is 18.6. The third kappa shape index (κ3) is 3.43. The van der Waals surface area contributed by atoms with E-state index in [-0.39, 0.29) is 35.0 Å². The first-order valence-electron chi connectivity index (χ1n) is 10.3. The van der Waals surface area contributed by atoms with E-state index in [1.807, 2.05) is 43.3 Å². The monoisotopic (exact) mass is 437 g/mol. The highest BCUT2D eigenvalue weighted by atomic mass is 16.5. The van der Waals surface area contributed by atoms with E-state index in [0.29, 0.717) is 16.5 Å². The van der Waals surface area contributed by atoms with Crippen molar-refractivity contribution in [2.24, 2.45) is 5.73 Å². The molecule has 3 N–H and O–H groups in total. The number of nitrogens with two attached hydrogens (primary N) is 1. The Hall–Kier alpha value is -4.41. The highest BCUT2D eigenvalue weighted by Gasteiger charge is 2.35. The first kappa shape index (κ1) is 20.5. The number of aryl methyl sites for hydroxylation is 1. The second kappa shape index (κ2) is 7.93. The van der Waals surface area contributed by atoms with Gasteiger partial charge in [0.15, 0.2) is 5.75 Å². The van der Waals surface area contributed by atoms with Gasteiger partial charge in [-0.05, 0) is 41.8 Å². The molecule has 33 heavy (non-hydrogen) atoms. The van der Waals surface area contributed by atoms with Crippen LogP contribution in [-0.2, 0) is 6.61 Å². The largest absolute Gasteiger partial charge is 0.439 e. The summed E-state index contributed by atoms with van der Waals surface area (Å²) in [7, 11) is 0. The van der Waals surface area contributed by atoms with Crippen molar-refractivity contribution < 1.29 is 14.3 Å². The molecule has 5 rings (SSSR count). The number of aliphatic hydroxyl groups is 1. The summed E-state index contributed by atoms with van der Waals surface area (Å²) >= 11 is 0. The number of benzene rings is 2. The van der Waals surface area contributed by atoms with E-state index in [9.17, 15) is 15.2 Å². The van der Waals surface area contributed by atoms with Crippen LogP contribution in [0.25, 0.3) is 22.1 Å². The van der Waals surface area contributed by atoms with Gasteiger partial charge in [-0.2, -0.15) is 5.26 Å². The number of aliphatic hydroxyl groups excluding tert-OH is 1. The van der Waals surface area contributed by atoms with E-state index in [1.165, 1.54) is 0 Å². The standard InChI is InChI=1S/C26H19N3O4/c1-14-2-4-18(12-29-14)16-5-7-17(8-6-16)22-20(11-27)25(28)33-24-19-9-3-15(13-30)10-21(19)32-26(31)23(22)24/h2-10,12,22,30H,13,28H2,1H3. The van der Waals surface area contributed by atoms with Gasteiger partial charge in [-0.15, -0.1) is 0 Å². The molecular formula is C26H19N3O4. The second-order valence-corrected chi connectivity index (χ2v) is 7.86. The smallest absolute Gasteiger partial charge is 0.344 e. The molecule has 7 nitrogen and oxygen atoms in total. The van der Waals surface area contributed by atoms with Crippen molar-refractivity contribution in [3.63, 3.8) is 0 Å². The Morgan fingerprint density at radius 2 is 1.88 bits per heavy atom. The molecule has 0 amide bonds. The van der Waals surface area contributed by atoms with Crippen LogP contribution < -0.4 is 16.1 Å². The van der Waals surface area contributed by atoms with Crippen molar-refractivity contribution >= 4 is 11.0 Å². The van der Waals surface area contributed by atoms with E-state index >= 15 is 0 Å². The Bertz CT molecular complexity index is 1510. The van der Waals surface area contributed by atoms with Gasteiger partial charge < -0.3 is 20.0 Å². The van der Waals surface area contributed by atoms with Crippen LogP contribution >= 0.6 is 0 Å². The zero-order chi connectivity index (χ0) is 23.1. The fourth-order valence-electron chi connectivity index (χ4n) is 4.10. The molecule has 2 aromatic carbocycles. The minimum absolute atomic E-state index is 0.0556. The Morgan fingerprint density at radius 3 is 2.55 bits per heavy atom. The number of nitriles is 1. The topological polar surface area (TPSA) is 122 Å². The van der Waals surface area contributed by atoms with Gasteiger partial charge in [0.25, 0.3) is 0 Å². The summed E-state index contributed by atoms with van der Waals surface area (Å²) in [6.07, 6.45) is 1.80. The van der Waals surface area contributed by atoms with Crippen LogP contribution in [-0.4, -0.2) is 10.1 Å². The minimum atomic E-state index is -0.734. The molecule has 162 valence electrons. The zero-order valence-corrected chi connectivity index (χ0v) is 17.7. The average Bonchev–Trinajstić information content (AvgIpc) is 2.83. The number of allylic oxidation sites excluding steroid dienone is 1. The highest BCUT2D eigenvalue weighted by molar-refractivity contribution is 5.86. The predicted molar refractivity (Wildman–Crippen MR) is 122 cm³/mol. The van der Waals surface area contributed by atoms with Crippen LogP contribution in [0.15, 0.2) is 81.5 Å². The SMILES string of the molecule is Cc1ccc(-c2ccc(C3C(C#N)=C(N)Oc4c3c(=O)oc3cc(CO)ccc43)cc2)cn1. The molecule has 0 saturated carbocycles. The fraction of sp³-hybridized carbons (Fsp3) is 0.115.